The van der Waals surface area contributed by atoms with Gasteiger partial charge in [0.05, 0.1) is 5.69 Å². The largest absolute Gasteiger partial charge is 0.214 e. The van der Waals surface area contributed by atoms with E-state index in [9.17, 15) is 4.39 Å². The molecular weight excluding hydrogens is 311 g/mol. The van der Waals surface area contributed by atoms with Gasteiger partial charge < -0.3 is 0 Å². The summed E-state index contributed by atoms with van der Waals surface area (Å²) in [5.74, 6) is 0.222. The SMILES string of the molecule is Fc1ccccc1CSc1nnnn1-c1cccc(Cl)c1. The van der Waals surface area contributed by atoms with Gasteiger partial charge >= 0.3 is 0 Å². The van der Waals surface area contributed by atoms with E-state index in [1.165, 1.54) is 17.8 Å². The van der Waals surface area contributed by atoms with Crippen LogP contribution in [0.25, 0.3) is 5.69 Å². The van der Waals surface area contributed by atoms with Gasteiger partial charge in [-0.1, -0.05) is 47.6 Å². The molecule has 0 bridgehead atoms. The number of hydrogen-bond donors (Lipinski definition) is 0. The van der Waals surface area contributed by atoms with Crippen molar-refractivity contribution in [3.63, 3.8) is 0 Å². The summed E-state index contributed by atoms with van der Waals surface area (Å²) in [7, 11) is 0. The van der Waals surface area contributed by atoms with Crippen molar-refractivity contribution in [2.75, 3.05) is 0 Å². The Balaban J connectivity index is 1.82. The first-order valence-electron chi connectivity index (χ1n) is 6.14. The molecule has 3 aromatic rings. The fourth-order valence-electron chi connectivity index (χ4n) is 1.80. The van der Waals surface area contributed by atoms with Crippen LogP contribution in [-0.4, -0.2) is 20.2 Å². The van der Waals surface area contributed by atoms with Crippen LogP contribution in [0.1, 0.15) is 5.56 Å². The number of hydrogen-bond acceptors (Lipinski definition) is 4. The summed E-state index contributed by atoms with van der Waals surface area (Å²) in [6, 6.07) is 13.9. The van der Waals surface area contributed by atoms with Gasteiger partial charge in [0.25, 0.3) is 0 Å². The average molecular weight is 321 g/mol. The van der Waals surface area contributed by atoms with Crippen LogP contribution in [0.15, 0.2) is 53.7 Å². The van der Waals surface area contributed by atoms with Crippen LogP contribution in [0, 0.1) is 5.82 Å². The zero-order valence-electron chi connectivity index (χ0n) is 10.8. The fourth-order valence-corrected chi connectivity index (χ4v) is 2.86. The quantitative estimate of drug-likeness (QED) is 0.687. The summed E-state index contributed by atoms with van der Waals surface area (Å²) in [4.78, 5) is 0. The van der Waals surface area contributed by atoms with Crippen LogP contribution in [0.5, 0.6) is 0 Å². The molecule has 0 N–H and O–H groups in total. The standard InChI is InChI=1S/C14H10ClFN4S/c15-11-5-3-6-12(8-11)20-14(17-18-19-20)21-9-10-4-1-2-7-13(10)16/h1-8H,9H2. The lowest BCUT2D eigenvalue weighted by Crippen LogP contribution is -1.99. The normalized spacial score (nSPS) is 10.8. The summed E-state index contributed by atoms with van der Waals surface area (Å²) in [6.45, 7) is 0. The van der Waals surface area contributed by atoms with Crippen LogP contribution >= 0.6 is 23.4 Å². The molecule has 0 fully saturated rings. The molecule has 1 heterocycles. The van der Waals surface area contributed by atoms with Crippen molar-refractivity contribution in [2.24, 2.45) is 0 Å². The molecule has 0 amide bonds. The molecule has 0 saturated heterocycles. The monoisotopic (exact) mass is 320 g/mol. The lowest BCUT2D eigenvalue weighted by Gasteiger charge is -2.05. The van der Waals surface area contributed by atoms with Gasteiger partial charge in [-0.05, 0) is 40.3 Å². The molecule has 1 aromatic heterocycles. The van der Waals surface area contributed by atoms with Crippen molar-refractivity contribution in [3.05, 3.63) is 64.9 Å². The van der Waals surface area contributed by atoms with E-state index in [1.54, 1.807) is 35.0 Å². The fraction of sp³-hybridized carbons (Fsp3) is 0.0714. The van der Waals surface area contributed by atoms with Gasteiger partial charge in [-0.2, -0.15) is 4.68 Å². The smallest absolute Gasteiger partial charge is 0.207 e. The molecule has 21 heavy (non-hydrogen) atoms. The second-order valence-corrected chi connectivity index (χ2v) is 5.61. The lowest BCUT2D eigenvalue weighted by molar-refractivity contribution is 0.617. The molecule has 0 radical (unpaired) electrons. The second kappa shape index (κ2) is 6.24. The maximum absolute atomic E-state index is 13.6. The first-order valence-corrected chi connectivity index (χ1v) is 7.51. The summed E-state index contributed by atoms with van der Waals surface area (Å²) in [5.41, 5.74) is 1.38. The topological polar surface area (TPSA) is 43.6 Å². The van der Waals surface area contributed by atoms with Gasteiger partial charge in [0.15, 0.2) is 0 Å². The minimum atomic E-state index is -0.230. The highest BCUT2D eigenvalue weighted by Gasteiger charge is 2.10. The van der Waals surface area contributed by atoms with Gasteiger partial charge in [0, 0.05) is 10.8 Å². The number of benzene rings is 2. The van der Waals surface area contributed by atoms with Crippen LogP contribution in [0.2, 0.25) is 5.02 Å². The maximum Gasteiger partial charge on any atom is 0.214 e. The first kappa shape index (κ1) is 14.0. The maximum atomic E-state index is 13.6. The number of thioether (sulfide) groups is 1. The average Bonchev–Trinajstić information content (AvgIpc) is 2.95. The van der Waals surface area contributed by atoms with E-state index in [2.05, 4.69) is 15.5 Å². The number of rotatable bonds is 4. The zero-order chi connectivity index (χ0) is 14.7. The molecule has 0 aliphatic carbocycles. The van der Waals surface area contributed by atoms with Crippen LogP contribution < -0.4 is 0 Å². The number of aromatic nitrogens is 4. The van der Waals surface area contributed by atoms with Gasteiger partial charge in [0.1, 0.15) is 5.82 Å². The predicted octanol–water partition coefficient (Wildman–Crippen LogP) is 3.75. The van der Waals surface area contributed by atoms with Gasteiger partial charge in [0.2, 0.25) is 5.16 Å². The van der Waals surface area contributed by atoms with E-state index >= 15 is 0 Å². The number of tetrazole rings is 1. The van der Waals surface area contributed by atoms with Crippen molar-refractivity contribution in [3.8, 4) is 5.69 Å². The zero-order valence-corrected chi connectivity index (χ0v) is 12.4. The van der Waals surface area contributed by atoms with E-state index in [0.29, 0.717) is 21.5 Å². The van der Waals surface area contributed by atoms with Crippen LogP contribution in [0.3, 0.4) is 0 Å². The third kappa shape index (κ3) is 3.22. The van der Waals surface area contributed by atoms with Crippen molar-refractivity contribution in [2.45, 2.75) is 10.9 Å². The molecule has 0 atom stereocenters. The van der Waals surface area contributed by atoms with Crippen molar-refractivity contribution < 1.29 is 4.39 Å². The summed E-state index contributed by atoms with van der Waals surface area (Å²) in [5, 5.41) is 12.8. The lowest BCUT2D eigenvalue weighted by atomic mass is 10.2. The second-order valence-electron chi connectivity index (χ2n) is 4.23. The van der Waals surface area contributed by atoms with E-state index in [-0.39, 0.29) is 5.82 Å². The van der Waals surface area contributed by atoms with Gasteiger partial charge in [-0.3, -0.25) is 0 Å². The Morgan fingerprint density at radius 3 is 2.81 bits per heavy atom. The highest BCUT2D eigenvalue weighted by atomic mass is 35.5. The minimum absolute atomic E-state index is 0.230. The Kier molecular flexibility index (Phi) is 4.17. The molecule has 0 unspecified atom stereocenters. The molecule has 106 valence electrons. The number of halogens is 2. The molecule has 7 heteroatoms. The van der Waals surface area contributed by atoms with E-state index in [4.69, 9.17) is 11.6 Å². The Labute approximate surface area is 129 Å². The Bertz CT molecular complexity index is 762. The first-order chi connectivity index (χ1) is 10.2. The third-order valence-corrected chi connectivity index (χ3v) is 4.01. The van der Waals surface area contributed by atoms with Crippen molar-refractivity contribution >= 4 is 23.4 Å². The number of nitrogens with zero attached hydrogens (tertiary/aromatic N) is 4. The highest BCUT2D eigenvalue weighted by Crippen LogP contribution is 2.24. The van der Waals surface area contributed by atoms with Gasteiger partial charge in [-0.15, -0.1) is 5.10 Å². The van der Waals surface area contributed by atoms with Crippen LogP contribution in [-0.2, 0) is 5.75 Å². The Morgan fingerprint density at radius 2 is 2.00 bits per heavy atom. The Hall–Kier alpha value is -1.92. The molecular formula is C14H10ClFN4S. The predicted molar refractivity (Wildman–Crippen MR) is 80.1 cm³/mol. The third-order valence-electron chi connectivity index (χ3n) is 2.81. The molecule has 4 nitrogen and oxygen atoms in total. The van der Waals surface area contributed by atoms with Crippen LogP contribution in [0.4, 0.5) is 4.39 Å². The summed E-state index contributed by atoms with van der Waals surface area (Å²) in [6.07, 6.45) is 0. The highest BCUT2D eigenvalue weighted by molar-refractivity contribution is 7.98. The van der Waals surface area contributed by atoms with E-state index < -0.39 is 0 Å². The minimum Gasteiger partial charge on any atom is -0.207 e. The van der Waals surface area contributed by atoms with E-state index in [1.807, 2.05) is 12.1 Å². The Morgan fingerprint density at radius 1 is 1.14 bits per heavy atom. The summed E-state index contributed by atoms with van der Waals surface area (Å²) >= 11 is 7.33. The molecule has 3 rings (SSSR count). The molecule has 0 spiro atoms. The van der Waals surface area contributed by atoms with Crippen molar-refractivity contribution in [1.82, 2.24) is 20.2 Å². The van der Waals surface area contributed by atoms with Gasteiger partial charge in [-0.25, -0.2) is 4.39 Å². The van der Waals surface area contributed by atoms with E-state index in [0.717, 1.165) is 5.69 Å². The summed E-state index contributed by atoms with van der Waals surface area (Å²) < 4.78 is 15.2. The molecule has 0 saturated carbocycles. The van der Waals surface area contributed by atoms with Crippen molar-refractivity contribution in [1.29, 1.82) is 0 Å². The molecule has 2 aromatic carbocycles. The molecule has 0 aliphatic rings. The molecule has 0 aliphatic heterocycles.